The fraction of sp³-hybridized carbons (Fsp3) is 1.00. The van der Waals surface area contributed by atoms with Crippen molar-refractivity contribution in [2.24, 2.45) is 0 Å². The van der Waals surface area contributed by atoms with E-state index in [-0.39, 0.29) is 0 Å². The Morgan fingerprint density at radius 3 is 2.00 bits per heavy atom. The van der Waals surface area contributed by atoms with E-state index in [4.69, 9.17) is 0 Å². The second kappa shape index (κ2) is 6.23. The molecule has 2 unspecified atom stereocenters. The van der Waals surface area contributed by atoms with Crippen molar-refractivity contribution in [2.45, 2.75) is 69.4 Å². The van der Waals surface area contributed by atoms with Gasteiger partial charge in [-0.25, -0.2) is 0 Å². The molecule has 2 atom stereocenters. The van der Waals surface area contributed by atoms with Crippen LogP contribution in [0.4, 0.5) is 0 Å². The molecular weight excluding hydrogens is 273 g/mol. The smallest absolute Gasteiger partial charge is 0.0296 e. The minimum atomic E-state index is 0.351. The number of hydrogen-bond donors (Lipinski definition) is 1. The first-order chi connectivity index (χ1) is 5.98. The predicted octanol–water partition coefficient (Wildman–Crippen LogP) is 3.76. The van der Waals surface area contributed by atoms with Gasteiger partial charge in [0, 0.05) is 15.5 Å². The van der Waals surface area contributed by atoms with Gasteiger partial charge < -0.3 is 5.32 Å². The van der Waals surface area contributed by atoms with E-state index in [0.29, 0.717) is 15.5 Å². The maximum atomic E-state index is 3.74. The van der Waals surface area contributed by atoms with Crippen molar-refractivity contribution in [3.63, 3.8) is 0 Å². The third-order valence-electron chi connectivity index (χ3n) is 2.66. The number of hydrogen-bond acceptors (Lipinski definition) is 1. The Morgan fingerprint density at radius 1 is 1.23 bits per heavy atom. The summed E-state index contributed by atoms with van der Waals surface area (Å²) < 4.78 is 0.692. The molecule has 1 nitrogen and oxygen atoms in total. The SMILES string of the molecule is CCCC(CC)(NC(C)C)C(C)I. The van der Waals surface area contributed by atoms with E-state index in [1.165, 1.54) is 19.3 Å². The second-order valence-electron chi connectivity index (χ2n) is 4.17. The molecule has 0 amide bonds. The van der Waals surface area contributed by atoms with Crippen LogP contribution in [0.2, 0.25) is 0 Å². The van der Waals surface area contributed by atoms with E-state index >= 15 is 0 Å². The number of rotatable bonds is 6. The molecule has 0 aromatic rings. The molecule has 0 fully saturated rings. The standard InChI is InChI=1S/C11H24IN/c1-6-8-11(7-2,10(5)12)13-9(3)4/h9-10,13H,6-8H2,1-5H3. The Balaban J connectivity index is 4.44. The molecule has 0 radical (unpaired) electrons. The van der Waals surface area contributed by atoms with Crippen molar-refractivity contribution in [1.29, 1.82) is 0 Å². The van der Waals surface area contributed by atoms with E-state index < -0.39 is 0 Å². The van der Waals surface area contributed by atoms with E-state index in [0.717, 1.165) is 0 Å². The highest BCUT2D eigenvalue weighted by molar-refractivity contribution is 14.1. The summed E-state index contributed by atoms with van der Waals surface area (Å²) in [4.78, 5) is 0. The zero-order chi connectivity index (χ0) is 10.5. The third kappa shape index (κ3) is 4.15. The second-order valence-corrected chi connectivity index (χ2v) is 6.04. The van der Waals surface area contributed by atoms with Crippen LogP contribution in [0.3, 0.4) is 0 Å². The van der Waals surface area contributed by atoms with E-state index in [1.807, 2.05) is 0 Å². The quantitative estimate of drug-likeness (QED) is 0.581. The Hall–Kier alpha value is 0.690. The topological polar surface area (TPSA) is 12.0 Å². The summed E-state index contributed by atoms with van der Waals surface area (Å²) in [5.41, 5.74) is 0.351. The molecule has 0 heterocycles. The lowest BCUT2D eigenvalue weighted by molar-refractivity contribution is 0.270. The van der Waals surface area contributed by atoms with Crippen molar-refractivity contribution >= 4 is 22.6 Å². The van der Waals surface area contributed by atoms with Gasteiger partial charge in [0.2, 0.25) is 0 Å². The van der Waals surface area contributed by atoms with Gasteiger partial charge in [-0.05, 0) is 12.8 Å². The molecule has 0 aromatic heterocycles. The molecular formula is C11H24IN. The van der Waals surface area contributed by atoms with Crippen LogP contribution in [-0.2, 0) is 0 Å². The van der Waals surface area contributed by atoms with Gasteiger partial charge in [0.25, 0.3) is 0 Å². The maximum Gasteiger partial charge on any atom is 0.0296 e. The molecule has 0 bridgehead atoms. The van der Waals surface area contributed by atoms with Crippen LogP contribution in [0, 0.1) is 0 Å². The van der Waals surface area contributed by atoms with E-state index in [2.05, 4.69) is 62.5 Å². The van der Waals surface area contributed by atoms with Gasteiger partial charge in [-0.1, -0.05) is 63.6 Å². The summed E-state index contributed by atoms with van der Waals surface area (Å²) in [6, 6.07) is 0.587. The molecule has 2 heteroatoms. The van der Waals surface area contributed by atoms with Crippen molar-refractivity contribution in [3.8, 4) is 0 Å². The Labute approximate surface area is 97.2 Å². The first-order valence-corrected chi connectivity index (χ1v) is 6.64. The van der Waals surface area contributed by atoms with Crippen LogP contribution >= 0.6 is 22.6 Å². The van der Waals surface area contributed by atoms with Crippen LogP contribution < -0.4 is 5.32 Å². The fourth-order valence-electron chi connectivity index (χ4n) is 1.97. The first kappa shape index (κ1) is 13.7. The molecule has 0 spiro atoms. The summed E-state index contributed by atoms with van der Waals surface area (Å²) in [6.45, 7) is 11.3. The highest BCUT2D eigenvalue weighted by atomic mass is 127. The van der Waals surface area contributed by atoms with Crippen molar-refractivity contribution < 1.29 is 0 Å². The van der Waals surface area contributed by atoms with Gasteiger partial charge in [-0.2, -0.15) is 0 Å². The zero-order valence-electron chi connectivity index (χ0n) is 9.65. The van der Waals surface area contributed by atoms with Crippen molar-refractivity contribution in [2.75, 3.05) is 0 Å². The van der Waals surface area contributed by atoms with Gasteiger partial charge in [-0.3, -0.25) is 0 Å². The van der Waals surface area contributed by atoms with Gasteiger partial charge in [0.05, 0.1) is 0 Å². The molecule has 0 aliphatic carbocycles. The maximum absolute atomic E-state index is 3.74. The van der Waals surface area contributed by atoms with Crippen LogP contribution in [0.1, 0.15) is 53.9 Å². The molecule has 0 aliphatic heterocycles. The fourth-order valence-corrected chi connectivity index (χ4v) is 2.90. The molecule has 0 aromatic carbocycles. The molecule has 0 rings (SSSR count). The number of nitrogens with one attached hydrogen (secondary N) is 1. The van der Waals surface area contributed by atoms with Gasteiger partial charge in [0.15, 0.2) is 0 Å². The molecule has 13 heavy (non-hydrogen) atoms. The van der Waals surface area contributed by atoms with Gasteiger partial charge >= 0.3 is 0 Å². The first-order valence-electron chi connectivity index (χ1n) is 5.40. The lowest BCUT2D eigenvalue weighted by Crippen LogP contribution is -2.53. The number of alkyl halides is 1. The lowest BCUT2D eigenvalue weighted by Gasteiger charge is -2.38. The molecule has 0 saturated heterocycles. The average Bonchev–Trinajstić information content (AvgIpc) is 2.02. The predicted molar refractivity (Wildman–Crippen MR) is 69.7 cm³/mol. The third-order valence-corrected chi connectivity index (χ3v) is 3.86. The minimum absolute atomic E-state index is 0.351. The van der Waals surface area contributed by atoms with Crippen LogP contribution in [0.15, 0.2) is 0 Å². The highest BCUT2D eigenvalue weighted by Crippen LogP contribution is 2.28. The lowest BCUT2D eigenvalue weighted by atomic mass is 9.87. The Morgan fingerprint density at radius 2 is 1.77 bits per heavy atom. The molecule has 0 aliphatic rings. The monoisotopic (exact) mass is 297 g/mol. The largest absolute Gasteiger partial charge is 0.308 e. The minimum Gasteiger partial charge on any atom is -0.308 e. The van der Waals surface area contributed by atoms with Crippen LogP contribution in [0.5, 0.6) is 0 Å². The average molecular weight is 297 g/mol. The molecule has 0 saturated carbocycles. The summed E-state index contributed by atoms with van der Waals surface area (Å²) in [7, 11) is 0. The molecule has 80 valence electrons. The van der Waals surface area contributed by atoms with E-state index in [1.54, 1.807) is 0 Å². The number of halogens is 1. The van der Waals surface area contributed by atoms with Crippen molar-refractivity contribution in [3.05, 3.63) is 0 Å². The normalized spacial score (nSPS) is 18.7. The summed E-state index contributed by atoms with van der Waals surface area (Å²) in [6.07, 6.45) is 3.77. The van der Waals surface area contributed by atoms with Gasteiger partial charge in [-0.15, -0.1) is 0 Å². The van der Waals surface area contributed by atoms with E-state index in [9.17, 15) is 0 Å². The highest BCUT2D eigenvalue weighted by Gasteiger charge is 2.31. The molecule has 1 N–H and O–H groups in total. The summed E-state index contributed by atoms with van der Waals surface area (Å²) in [5.74, 6) is 0. The van der Waals surface area contributed by atoms with Crippen LogP contribution in [-0.4, -0.2) is 15.5 Å². The van der Waals surface area contributed by atoms with Crippen LogP contribution in [0.25, 0.3) is 0 Å². The van der Waals surface area contributed by atoms with Gasteiger partial charge in [0.1, 0.15) is 0 Å². The Kier molecular flexibility index (Phi) is 6.56. The summed E-state index contributed by atoms with van der Waals surface area (Å²) in [5, 5.41) is 3.74. The Bertz CT molecular complexity index is 134. The summed E-state index contributed by atoms with van der Waals surface area (Å²) >= 11 is 2.55. The van der Waals surface area contributed by atoms with Crippen molar-refractivity contribution in [1.82, 2.24) is 5.32 Å². The zero-order valence-corrected chi connectivity index (χ0v) is 11.8.